The molecular formula is C16H28N4. The Balaban J connectivity index is 1.85. The van der Waals surface area contributed by atoms with E-state index in [4.69, 9.17) is 0 Å². The van der Waals surface area contributed by atoms with E-state index >= 15 is 0 Å². The predicted molar refractivity (Wildman–Crippen MR) is 83.7 cm³/mol. The smallest absolute Gasteiger partial charge is 0.151 e. The van der Waals surface area contributed by atoms with Crippen molar-refractivity contribution >= 4 is 5.82 Å². The third-order valence-electron chi connectivity index (χ3n) is 4.06. The highest BCUT2D eigenvalue weighted by Gasteiger charge is 2.25. The van der Waals surface area contributed by atoms with Gasteiger partial charge in [0.15, 0.2) is 5.82 Å². The summed E-state index contributed by atoms with van der Waals surface area (Å²) >= 11 is 0. The molecule has 1 atom stereocenters. The van der Waals surface area contributed by atoms with E-state index in [1.54, 1.807) is 0 Å². The molecule has 1 aromatic heterocycles. The van der Waals surface area contributed by atoms with Gasteiger partial charge < -0.3 is 10.2 Å². The summed E-state index contributed by atoms with van der Waals surface area (Å²) in [7, 11) is 0. The number of nitrogens with one attached hydrogen (secondary N) is 1. The lowest BCUT2D eigenvalue weighted by Crippen LogP contribution is -2.23. The van der Waals surface area contributed by atoms with E-state index in [1.807, 2.05) is 0 Å². The molecule has 0 spiro atoms. The standard InChI is InChI=1S/C16H28N4/c1-12(2)9-17-10-15-5-6-16(19-18-15)20-8-7-14(11-20)13(3)4/h5-6,12-14,17H,7-11H2,1-4H3. The third kappa shape index (κ3) is 4.17. The quantitative estimate of drug-likeness (QED) is 0.867. The van der Waals surface area contributed by atoms with Crippen LogP contribution in [0.25, 0.3) is 0 Å². The second kappa shape index (κ2) is 7.02. The molecule has 0 aliphatic carbocycles. The molecule has 1 aromatic rings. The molecule has 2 heterocycles. The zero-order valence-electron chi connectivity index (χ0n) is 13.3. The van der Waals surface area contributed by atoms with Crippen molar-refractivity contribution in [2.75, 3.05) is 24.5 Å². The Kier molecular flexibility index (Phi) is 5.35. The maximum absolute atomic E-state index is 4.39. The van der Waals surface area contributed by atoms with Crippen LogP contribution in [-0.2, 0) is 6.54 Å². The Morgan fingerprint density at radius 2 is 2.05 bits per heavy atom. The Labute approximate surface area is 123 Å². The van der Waals surface area contributed by atoms with Crippen molar-refractivity contribution in [3.05, 3.63) is 17.8 Å². The summed E-state index contributed by atoms with van der Waals surface area (Å²) in [6.07, 6.45) is 1.27. The van der Waals surface area contributed by atoms with E-state index in [1.165, 1.54) is 6.42 Å². The highest BCUT2D eigenvalue weighted by molar-refractivity contribution is 5.38. The van der Waals surface area contributed by atoms with Gasteiger partial charge in [-0.2, -0.15) is 5.10 Å². The largest absolute Gasteiger partial charge is 0.355 e. The first kappa shape index (κ1) is 15.2. The monoisotopic (exact) mass is 276 g/mol. The van der Waals surface area contributed by atoms with Crippen LogP contribution in [0.2, 0.25) is 0 Å². The molecule has 1 saturated heterocycles. The average Bonchev–Trinajstić information content (AvgIpc) is 2.89. The van der Waals surface area contributed by atoms with Crippen molar-refractivity contribution in [3.63, 3.8) is 0 Å². The second-order valence-electron chi connectivity index (χ2n) is 6.65. The molecule has 1 fully saturated rings. The number of nitrogens with zero attached hydrogens (tertiary/aromatic N) is 3. The van der Waals surface area contributed by atoms with Gasteiger partial charge >= 0.3 is 0 Å². The molecule has 0 saturated carbocycles. The van der Waals surface area contributed by atoms with Crippen LogP contribution in [0.3, 0.4) is 0 Å². The first-order valence-corrected chi connectivity index (χ1v) is 7.84. The minimum atomic E-state index is 0.666. The van der Waals surface area contributed by atoms with Gasteiger partial charge in [-0.3, -0.25) is 0 Å². The lowest BCUT2D eigenvalue weighted by atomic mass is 9.95. The Hall–Kier alpha value is -1.16. The molecule has 1 N–H and O–H groups in total. The minimum absolute atomic E-state index is 0.666. The lowest BCUT2D eigenvalue weighted by molar-refractivity contribution is 0.422. The zero-order chi connectivity index (χ0) is 14.5. The Morgan fingerprint density at radius 3 is 2.60 bits per heavy atom. The summed E-state index contributed by atoms with van der Waals surface area (Å²) in [5.41, 5.74) is 1.02. The number of rotatable bonds is 6. The van der Waals surface area contributed by atoms with Gasteiger partial charge in [-0.05, 0) is 42.9 Å². The summed E-state index contributed by atoms with van der Waals surface area (Å²) in [6, 6.07) is 4.21. The fourth-order valence-electron chi connectivity index (χ4n) is 2.64. The number of anilines is 1. The normalized spacial score (nSPS) is 19.3. The predicted octanol–water partition coefficient (Wildman–Crippen LogP) is 2.70. The first-order chi connectivity index (χ1) is 9.56. The molecule has 0 bridgehead atoms. The SMILES string of the molecule is CC(C)CNCc1ccc(N2CCC(C(C)C)C2)nn1. The molecule has 0 radical (unpaired) electrons. The molecule has 1 unspecified atom stereocenters. The molecule has 112 valence electrons. The molecule has 2 rings (SSSR count). The van der Waals surface area contributed by atoms with Crippen molar-refractivity contribution in [2.24, 2.45) is 17.8 Å². The lowest BCUT2D eigenvalue weighted by Gasteiger charge is -2.18. The Morgan fingerprint density at radius 1 is 1.25 bits per heavy atom. The highest BCUT2D eigenvalue weighted by atomic mass is 15.3. The average molecular weight is 276 g/mol. The molecule has 1 aliphatic rings. The van der Waals surface area contributed by atoms with Gasteiger partial charge in [0.05, 0.1) is 5.69 Å². The van der Waals surface area contributed by atoms with Crippen LogP contribution in [-0.4, -0.2) is 29.8 Å². The highest BCUT2D eigenvalue weighted by Crippen LogP contribution is 2.26. The minimum Gasteiger partial charge on any atom is -0.355 e. The van der Waals surface area contributed by atoms with Crippen LogP contribution < -0.4 is 10.2 Å². The molecule has 0 aromatic carbocycles. The van der Waals surface area contributed by atoms with Gasteiger partial charge in [-0.25, -0.2) is 0 Å². The van der Waals surface area contributed by atoms with E-state index in [2.05, 4.69) is 60.2 Å². The fraction of sp³-hybridized carbons (Fsp3) is 0.750. The third-order valence-corrected chi connectivity index (χ3v) is 4.06. The molecule has 4 heteroatoms. The number of hydrogen-bond donors (Lipinski definition) is 1. The topological polar surface area (TPSA) is 41.0 Å². The van der Waals surface area contributed by atoms with Crippen LogP contribution in [0, 0.1) is 17.8 Å². The van der Waals surface area contributed by atoms with Crippen LogP contribution >= 0.6 is 0 Å². The Bertz CT molecular complexity index is 399. The van der Waals surface area contributed by atoms with Gasteiger partial charge in [0.2, 0.25) is 0 Å². The van der Waals surface area contributed by atoms with Crippen LogP contribution in [0.4, 0.5) is 5.82 Å². The summed E-state index contributed by atoms with van der Waals surface area (Å²) in [4.78, 5) is 2.36. The van der Waals surface area contributed by atoms with Crippen molar-refractivity contribution in [1.29, 1.82) is 0 Å². The van der Waals surface area contributed by atoms with Gasteiger partial charge in [0, 0.05) is 19.6 Å². The van der Waals surface area contributed by atoms with Crippen molar-refractivity contribution < 1.29 is 0 Å². The molecular weight excluding hydrogens is 248 g/mol. The van der Waals surface area contributed by atoms with Gasteiger partial charge in [0.25, 0.3) is 0 Å². The van der Waals surface area contributed by atoms with Crippen molar-refractivity contribution in [2.45, 2.75) is 40.7 Å². The van der Waals surface area contributed by atoms with E-state index in [0.29, 0.717) is 5.92 Å². The summed E-state index contributed by atoms with van der Waals surface area (Å²) in [5, 5.41) is 12.1. The van der Waals surface area contributed by atoms with Gasteiger partial charge in [-0.15, -0.1) is 5.10 Å². The van der Waals surface area contributed by atoms with Gasteiger partial charge in [0.1, 0.15) is 0 Å². The zero-order valence-corrected chi connectivity index (χ0v) is 13.3. The second-order valence-corrected chi connectivity index (χ2v) is 6.65. The van der Waals surface area contributed by atoms with Crippen LogP contribution in [0.15, 0.2) is 12.1 Å². The van der Waals surface area contributed by atoms with Crippen molar-refractivity contribution in [1.82, 2.24) is 15.5 Å². The summed E-state index contributed by atoms with van der Waals surface area (Å²) < 4.78 is 0. The van der Waals surface area contributed by atoms with E-state index in [-0.39, 0.29) is 0 Å². The van der Waals surface area contributed by atoms with Crippen LogP contribution in [0.1, 0.15) is 39.8 Å². The van der Waals surface area contributed by atoms with Crippen LogP contribution in [0.5, 0.6) is 0 Å². The number of aromatic nitrogens is 2. The molecule has 1 aliphatic heterocycles. The molecule has 20 heavy (non-hydrogen) atoms. The fourth-order valence-corrected chi connectivity index (χ4v) is 2.64. The van der Waals surface area contributed by atoms with Gasteiger partial charge in [-0.1, -0.05) is 27.7 Å². The number of hydrogen-bond acceptors (Lipinski definition) is 4. The van der Waals surface area contributed by atoms with E-state index in [0.717, 1.165) is 49.5 Å². The maximum Gasteiger partial charge on any atom is 0.151 e. The summed E-state index contributed by atoms with van der Waals surface area (Å²) in [5.74, 6) is 3.25. The van der Waals surface area contributed by atoms with E-state index in [9.17, 15) is 0 Å². The molecule has 0 amide bonds. The summed E-state index contributed by atoms with van der Waals surface area (Å²) in [6.45, 7) is 13.1. The molecule has 4 nitrogen and oxygen atoms in total. The van der Waals surface area contributed by atoms with E-state index < -0.39 is 0 Å². The van der Waals surface area contributed by atoms with Crippen molar-refractivity contribution in [3.8, 4) is 0 Å². The first-order valence-electron chi connectivity index (χ1n) is 7.84. The maximum atomic E-state index is 4.39.